The molecule has 0 rings (SSSR count). The van der Waals surface area contributed by atoms with Crippen molar-refractivity contribution in [1.82, 2.24) is 0 Å². The van der Waals surface area contributed by atoms with E-state index in [1.54, 1.807) is 0 Å². The van der Waals surface area contributed by atoms with Crippen molar-refractivity contribution in [3.63, 3.8) is 0 Å². The molecule has 0 nitrogen and oxygen atoms in total. The average Bonchev–Trinajstić information content (AvgIpc) is 2.48. The summed E-state index contributed by atoms with van der Waals surface area (Å²) in [4.78, 5) is 2.00. The van der Waals surface area contributed by atoms with Crippen LogP contribution >= 0.6 is 0 Å². The van der Waals surface area contributed by atoms with Crippen LogP contribution in [0.3, 0.4) is 0 Å². The summed E-state index contributed by atoms with van der Waals surface area (Å²) < 4.78 is 0. The van der Waals surface area contributed by atoms with Crippen molar-refractivity contribution in [3.05, 3.63) is 23.6 Å². The first-order chi connectivity index (χ1) is 9.06. The topological polar surface area (TPSA) is 0 Å². The highest BCUT2D eigenvalue weighted by Gasteiger charge is 2.42. The molecule has 0 N–H and O–H groups in total. The number of rotatable bonds is 10. The lowest BCUT2D eigenvalue weighted by atomic mass is 10.4. The van der Waals surface area contributed by atoms with Gasteiger partial charge in [0.05, 0.1) is 16.1 Å². The highest BCUT2D eigenvalue weighted by molar-refractivity contribution is 7.07. The Morgan fingerprint density at radius 1 is 0.737 bits per heavy atom. The van der Waals surface area contributed by atoms with Crippen LogP contribution in [0, 0.1) is 0 Å². The fourth-order valence-electron chi connectivity index (χ4n) is 3.84. The molecule has 0 aliphatic heterocycles. The van der Waals surface area contributed by atoms with Gasteiger partial charge in [-0.15, -0.1) is 6.58 Å². The van der Waals surface area contributed by atoms with Crippen LogP contribution in [0.5, 0.6) is 0 Å². The van der Waals surface area contributed by atoms with E-state index < -0.39 is 16.1 Å². The molecule has 0 unspecified atom stereocenters. The normalized spacial score (nSPS) is 12.3. The lowest BCUT2D eigenvalue weighted by Crippen LogP contribution is -2.49. The van der Waals surface area contributed by atoms with E-state index in [0.717, 1.165) is 6.42 Å². The molecule has 0 aromatic heterocycles. The molecule has 0 amide bonds. The van der Waals surface area contributed by atoms with Gasteiger partial charge in [0, 0.05) is 0 Å². The van der Waals surface area contributed by atoms with Gasteiger partial charge in [-0.1, -0.05) is 94.8 Å². The lowest BCUT2D eigenvalue weighted by Gasteiger charge is -2.43. The molecule has 0 saturated carbocycles. The Morgan fingerprint density at radius 3 is 1.26 bits per heavy atom. The van der Waals surface area contributed by atoms with E-state index in [9.17, 15) is 0 Å². The molecule has 0 aliphatic carbocycles. The summed E-state index contributed by atoms with van der Waals surface area (Å²) in [5.41, 5.74) is 0. The number of hydrogen-bond acceptors (Lipinski definition) is 0. The summed E-state index contributed by atoms with van der Waals surface area (Å²) in [6.45, 7) is 18.6. The van der Waals surface area contributed by atoms with E-state index in [1.165, 1.54) is 36.3 Å². The Balaban J connectivity index is 5.85. The zero-order valence-electron chi connectivity index (χ0n) is 14.3. The summed E-state index contributed by atoms with van der Waals surface area (Å²) in [7, 11) is -2.41. The van der Waals surface area contributed by atoms with Crippen molar-refractivity contribution in [2.45, 2.75) is 84.2 Å². The predicted octanol–water partition coefficient (Wildman–Crippen LogP) is 6.58. The molecule has 0 aromatic carbocycles. The van der Waals surface area contributed by atoms with Crippen molar-refractivity contribution < 1.29 is 0 Å². The molecule has 0 bridgehead atoms. The van der Waals surface area contributed by atoms with Crippen LogP contribution in [0.25, 0.3) is 0 Å². The molecule has 2 heteroatoms. The zero-order valence-corrected chi connectivity index (χ0v) is 16.3. The van der Waals surface area contributed by atoms with Crippen LogP contribution in [0.2, 0.25) is 36.3 Å². The molecule has 0 saturated heterocycles. The maximum Gasteiger partial charge on any atom is 0.0761 e. The third kappa shape index (κ3) is 3.94. The Kier molecular flexibility index (Phi) is 8.92. The standard InChI is InChI=1S/C17H36Si2/c1-8-15-16-17(18(9-2,10-3)11-4)19(12-5,13-6)14-7/h8,16H,1,9-15H2,2-7H3. The quantitative estimate of drug-likeness (QED) is 0.315. The first kappa shape index (κ1) is 18.9. The van der Waals surface area contributed by atoms with E-state index >= 15 is 0 Å². The van der Waals surface area contributed by atoms with Gasteiger partial charge in [0.25, 0.3) is 0 Å². The molecular formula is C17H36Si2. The fourth-order valence-corrected chi connectivity index (χ4v) is 17.9. The fraction of sp³-hybridized carbons (Fsp3) is 0.765. The average molecular weight is 297 g/mol. The van der Waals surface area contributed by atoms with Gasteiger partial charge < -0.3 is 0 Å². The molecule has 0 aliphatic rings. The minimum absolute atomic E-state index is 1.08. The summed E-state index contributed by atoms with van der Waals surface area (Å²) in [5, 5.41) is 0. The van der Waals surface area contributed by atoms with E-state index in [4.69, 9.17) is 0 Å². The van der Waals surface area contributed by atoms with Crippen LogP contribution in [0.4, 0.5) is 0 Å². The van der Waals surface area contributed by atoms with Crippen molar-refractivity contribution in [2.75, 3.05) is 0 Å². The first-order valence-electron chi connectivity index (χ1n) is 8.38. The highest BCUT2D eigenvalue weighted by atomic mass is 28.4. The van der Waals surface area contributed by atoms with Crippen molar-refractivity contribution in [2.24, 2.45) is 0 Å². The van der Waals surface area contributed by atoms with Crippen molar-refractivity contribution in [3.8, 4) is 0 Å². The van der Waals surface area contributed by atoms with Gasteiger partial charge in [-0.05, 0) is 6.42 Å². The Bertz CT molecular complexity index is 245. The van der Waals surface area contributed by atoms with Gasteiger partial charge in [-0.2, -0.15) is 0 Å². The molecule has 0 fully saturated rings. The van der Waals surface area contributed by atoms with Crippen molar-refractivity contribution >= 4 is 16.1 Å². The Labute approximate surface area is 124 Å². The predicted molar refractivity (Wildman–Crippen MR) is 97.3 cm³/mol. The Morgan fingerprint density at radius 2 is 1.05 bits per heavy atom. The molecule has 0 aromatic rings. The summed E-state index contributed by atoms with van der Waals surface area (Å²) in [6, 6.07) is 8.57. The van der Waals surface area contributed by atoms with Gasteiger partial charge in [0.1, 0.15) is 0 Å². The molecule has 0 heterocycles. The van der Waals surface area contributed by atoms with Gasteiger partial charge >= 0.3 is 0 Å². The smallest absolute Gasteiger partial charge is 0.0761 e. The third-order valence-corrected chi connectivity index (χ3v) is 19.7. The number of allylic oxidation sites excluding steroid dienone is 2. The maximum absolute atomic E-state index is 3.94. The van der Waals surface area contributed by atoms with Gasteiger partial charge in [0.15, 0.2) is 0 Å². The third-order valence-electron chi connectivity index (χ3n) is 5.69. The van der Waals surface area contributed by atoms with Gasteiger partial charge in [0.2, 0.25) is 0 Å². The van der Waals surface area contributed by atoms with E-state index in [2.05, 4.69) is 60.3 Å². The maximum atomic E-state index is 3.94. The summed E-state index contributed by atoms with van der Waals surface area (Å²) >= 11 is 0. The molecular weight excluding hydrogens is 260 g/mol. The van der Waals surface area contributed by atoms with Crippen LogP contribution in [0.15, 0.2) is 23.6 Å². The van der Waals surface area contributed by atoms with Crippen LogP contribution < -0.4 is 0 Å². The largest absolute Gasteiger partial charge is 0.103 e. The molecule has 0 radical (unpaired) electrons. The van der Waals surface area contributed by atoms with Crippen molar-refractivity contribution in [1.29, 1.82) is 0 Å². The van der Waals surface area contributed by atoms with Crippen LogP contribution in [-0.4, -0.2) is 16.1 Å². The van der Waals surface area contributed by atoms with Gasteiger partial charge in [-0.3, -0.25) is 0 Å². The summed E-state index contributed by atoms with van der Waals surface area (Å²) in [6.07, 6.45) is 5.79. The lowest BCUT2D eigenvalue weighted by molar-refractivity contribution is 1.13. The molecule has 0 atom stereocenters. The second-order valence-corrected chi connectivity index (χ2v) is 16.8. The van der Waals surface area contributed by atoms with Gasteiger partial charge in [-0.25, -0.2) is 0 Å². The summed E-state index contributed by atoms with van der Waals surface area (Å²) in [5.74, 6) is 0. The first-order valence-corrected chi connectivity index (χ1v) is 13.6. The number of hydrogen-bond donors (Lipinski definition) is 0. The SMILES string of the molecule is C=CCC=C([Si](CC)(CC)CC)[Si](CC)(CC)CC. The second kappa shape index (κ2) is 8.96. The Hall–Kier alpha value is -0.0862. The van der Waals surface area contributed by atoms with E-state index in [-0.39, 0.29) is 0 Å². The van der Waals surface area contributed by atoms with E-state index in [0.29, 0.717) is 0 Å². The second-order valence-electron chi connectivity index (χ2n) is 5.82. The van der Waals surface area contributed by atoms with Crippen LogP contribution in [-0.2, 0) is 0 Å². The molecule has 112 valence electrons. The zero-order chi connectivity index (χ0) is 14.9. The highest BCUT2D eigenvalue weighted by Crippen LogP contribution is 2.40. The van der Waals surface area contributed by atoms with Crippen LogP contribution in [0.1, 0.15) is 48.0 Å². The monoisotopic (exact) mass is 296 g/mol. The molecule has 19 heavy (non-hydrogen) atoms. The minimum atomic E-state index is -1.21. The van der Waals surface area contributed by atoms with E-state index in [1.807, 2.05) is 4.82 Å². The molecule has 0 spiro atoms. The minimum Gasteiger partial charge on any atom is -0.103 e.